The van der Waals surface area contributed by atoms with Crippen molar-refractivity contribution >= 4 is 51.0 Å². The molecule has 3 aromatic carbocycles. The number of para-hydroxylation sites is 2. The van der Waals surface area contributed by atoms with Gasteiger partial charge in [0, 0.05) is 34.6 Å². The third-order valence-corrected chi connectivity index (χ3v) is 7.00. The number of nitrogens with one attached hydrogen (secondary N) is 1. The van der Waals surface area contributed by atoms with Crippen LogP contribution in [0.15, 0.2) is 95.0 Å². The number of rotatable bonds is 5. The van der Waals surface area contributed by atoms with Crippen LogP contribution >= 0.6 is 11.8 Å². The minimum atomic E-state index is -0.545. The highest BCUT2D eigenvalue weighted by atomic mass is 32.2. The maximum Gasteiger partial charge on any atom is 0.259 e. The number of hydrogen-bond donors (Lipinski definition) is 1. The third-order valence-electron chi connectivity index (χ3n) is 6.06. The predicted molar refractivity (Wildman–Crippen MR) is 136 cm³/mol. The maximum absolute atomic E-state index is 13.6. The molecule has 4 aromatic rings. The highest BCUT2D eigenvalue weighted by molar-refractivity contribution is 8.14. The molecule has 1 N–H and O–H groups in total. The van der Waals surface area contributed by atoms with Crippen molar-refractivity contribution in [1.82, 2.24) is 9.88 Å². The summed E-state index contributed by atoms with van der Waals surface area (Å²) in [5, 5.41) is 1.59. The molecule has 166 valence electrons. The molecule has 0 spiro atoms. The summed E-state index contributed by atoms with van der Waals surface area (Å²) >= 11 is 1.28. The number of hydrogen-bond acceptors (Lipinski definition) is 5. The number of thioether (sulfide) groups is 1. The number of H-pyrrole nitrogens is 1. The zero-order valence-electron chi connectivity index (χ0n) is 18.1. The topological polar surface area (TPSA) is 77.9 Å². The van der Waals surface area contributed by atoms with Gasteiger partial charge in [0.15, 0.2) is 11.0 Å². The Bertz CT molecular complexity index is 1490. The minimum absolute atomic E-state index is 0.00682. The van der Waals surface area contributed by atoms with Gasteiger partial charge < -0.3 is 4.98 Å². The zero-order chi connectivity index (χ0) is 23.1. The number of nitrogens with zero attached hydrogens (tertiary/aromatic N) is 3. The van der Waals surface area contributed by atoms with Crippen LogP contribution in [0.5, 0.6) is 0 Å². The van der Waals surface area contributed by atoms with Crippen molar-refractivity contribution in [3.8, 4) is 0 Å². The van der Waals surface area contributed by atoms with Crippen molar-refractivity contribution in [2.45, 2.75) is 12.5 Å². The molecule has 0 saturated heterocycles. The van der Waals surface area contributed by atoms with E-state index >= 15 is 0 Å². The van der Waals surface area contributed by atoms with Crippen LogP contribution in [0.25, 0.3) is 10.9 Å². The number of ketones is 1. The smallest absolute Gasteiger partial charge is 0.259 e. The standard InChI is InChI=1S/C27H20N4O2S/c32-24(17-8-2-1-3-9-17)16-34-27-30-22-13-7-5-11-20(22)25-29-23(26(33)31(25)27)14-18-15-28-21-12-6-4-10-19(18)21/h1-13,15,23,28H,14,16H2. The molecule has 3 heterocycles. The van der Waals surface area contributed by atoms with Crippen molar-refractivity contribution in [3.63, 3.8) is 0 Å². The van der Waals surface area contributed by atoms with Gasteiger partial charge in [-0.25, -0.2) is 9.89 Å². The summed E-state index contributed by atoms with van der Waals surface area (Å²) < 4.78 is 0. The lowest BCUT2D eigenvalue weighted by atomic mass is 10.1. The fourth-order valence-electron chi connectivity index (χ4n) is 4.38. The van der Waals surface area contributed by atoms with Crippen LogP contribution in [0.4, 0.5) is 5.69 Å². The number of benzene rings is 3. The molecule has 2 aliphatic rings. The average Bonchev–Trinajstić information content (AvgIpc) is 3.44. The second-order valence-corrected chi connectivity index (χ2v) is 9.14. The van der Waals surface area contributed by atoms with Gasteiger partial charge in [0.1, 0.15) is 11.9 Å². The summed E-state index contributed by atoms with van der Waals surface area (Å²) in [6.45, 7) is 0. The molecule has 1 aromatic heterocycles. The highest BCUT2D eigenvalue weighted by Gasteiger charge is 2.41. The number of carbonyl (C=O) groups excluding carboxylic acids is 2. The predicted octanol–water partition coefficient (Wildman–Crippen LogP) is 4.99. The molecule has 1 atom stereocenters. The van der Waals surface area contributed by atoms with E-state index in [1.807, 2.05) is 72.9 Å². The first-order chi connectivity index (χ1) is 16.7. The molecule has 2 aliphatic heterocycles. The Labute approximate surface area is 200 Å². The minimum Gasteiger partial charge on any atom is -0.361 e. The fourth-order valence-corrected chi connectivity index (χ4v) is 5.27. The normalized spacial score (nSPS) is 16.8. The molecule has 0 fully saturated rings. The van der Waals surface area contributed by atoms with Crippen LogP contribution in [0, 0.1) is 0 Å². The van der Waals surface area contributed by atoms with Gasteiger partial charge in [-0.1, -0.05) is 72.4 Å². The van der Waals surface area contributed by atoms with E-state index in [9.17, 15) is 9.59 Å². The molecule has 6 nitrogen and oxygen atoms in total. The van der Waals surface area contributed by atoms with Crippen LogP contribution in [-0.2, 0) is 11.2 Å². The Morgan fingerprint density at radius 3 is 2.62 bits per heavy atom. The highest BCUT2D eigenvalue weighted by Crippen LogP contribution is 2.34. The second kappa shape index (κ2) is 8.43. The number of aromatic amines is 1. The Hall–Kier alpha value is -3.97. The number of aliphatic imine (C=N–C) groups is 2. The molecule has 34 heavy (non-hydrogen) atoms. The molecule has 1 unspecified atom stereocenters. The molecule has 0 aliphatic carbocycles. The van der Waals surface area contributed by atoms with E-state index in [0.717, 1.165) is 27.7 Å². The van der Waals surface area contributed by atoms with Crippen molar-refractivity contribution in [3.05, 3.63) is 102 Å². The Kier molecular flexibility index (Phi) is 5.11. The molecule has 0 saturated carbocycles. The lowest BCUT2D eigenvalue weighted by molar-refractivity contribution is -0.124. The number of fused-ring (bicyclic) bond motifs is 4. The van der Waals surface area contributed by atoms with E-state index in [0.29, 0.717) is 23.0 Å². The fraction of sp³-hybridized carbons (Fsp3) is 0.111. The van der Waals surface area contributed by atoms with Crippen molar-refractivity contribution in [1.29, 1.82) is 0 Å². The monoisotopic (exact) mass is 464 g/mol. The molecular formula is C27H20N4O2S. The summed E-state index contributed by atoms with van der Waals surface area (Å²) in [7, 11) is 0. The molecule has 1 amide bonds. The summed E-state index contributed by atoms with van der Waals surface area (Å²) in [6, 6.07) is 24.3. The summed E-state index contributed by atoms with van der Waals surface area (Å²) in [5.74, 6) is 0.672. The van der Waals surface area contributed by atoms with Crippen molar-refractivity contribution in [2.75, 3.05) is 5.75 Å². The number of amidine groups is 2. The van der Waals surface area contributed by atoms with Crippen molar-refractivity contribution in [2.24, 2.45) is 9.98 Å². The molecule has 0 bridgehead atoms. The lowest BCUT2D eigenvalue weighted by Gasteiger charge is -2.25. The second-order valence-electron chi connectivity index (χ2n) is 8.20. The first-order valence-corrected chi connectivity index (χ1v) is 12.0. The van der Waals surface area contributed by atoms with Gasteiger partial charge in [-0.05, 0) is 23.8 Å². The quantitative estimate of drug-likeness (QED) is 0.423. The number of Topliss-reactive ketones (excluding diaryl/α,β-unsaturated/α-hetero) is 1. The number of aromatic nitrogens is 1. The Morgan fingerprint density at radius 1 is 0.971 bits per heavy atom. The van der Waals surface area contributed by atoms with Gasteiger partial charge in [0.2, 0.25) is 0 Å². The van der Waals surface area contributed by atoms with Gasteiger partial charge in [0.25, 0.3) is 5.91 Å². The zero-order valence-corrected chi connectivity index (χ0v) is 19.0. The third kappa shape index (κ3) is 3.54. The molecule has 7 heteroatoms. The summed E-state index contributed by atoms with van der Waals surface area (Å²) in [6.07, 6.45) is 2.44. The van der Waals surface area contributed by atoms with Crippen LogP contribution in [-0.4, -0.2) is 44.4 Å². The average molecular weight is 465 g/mol. The van der Waals surface area contributed by atoms with E-state index in [1.165, 1.54) is 11.8 Å². The van der Waals surface area contributed by atoms with Crippen LogP contribution < -0.4 is 0 Å². The summed E-state index contributed by atoms with van der Waals surface area (Å²) in [5.41, 5.74) is 4.32. The summed E-state index contributed by atoms with van der Waals surface area (Å²) in [4.78, 5) is 40.7. The Balaban J connectivity index is 1.31. The van der Waals surface area contributed by atoms with Gasteiger partial charge in [-0.3, -0.25) is 14.6 Å². The SMILES string of the molecule is O=C(CSC1=Nc2ccccc2C2=NC(Cc3c[nH]c4ccccc34)C(=O)N12)c1ccccc1. The number of amides is 1. The van der Waals surface area contributed by atoms with Gasteiger partial charge in [-0.15, -0.1) is 0 Å². The van der Waals surface area contributed by atoms with E-state index in [-0.39, 0.29) is 17.4 Å². The van der Waals surface area contributed by atoms with Crippen LogP contribution in [0.3, 0.4) is 0 Å². The van der Waals surface area contributed by atoms with Gasteiger partial charge in [-0.2, -0.15) is 0 Å². The molecular weight excluding hydrogens is 444 g/mol. The first-order valence-electron chi connectivity index (χ1n) is 11.0. The maximum atomic E-state index is 13.6. The number of carbonyl (C=O) groups is 2. The van der Waals surface area contributed by atoms with E-state index in [2.05, 4.69) is 4.98 Å². The van der Waals surface area contributed by atoms with E-state index in [4.69, 9.17) is 9.98 Å². The van der Waals surface area contributed by atoms with Gasteiger partial charge >= 0.3 is 0 Å². The van der Waals surface area contributed by atoms with Crippen molar-refractivity contribution < 1.29 is 9.59 Å². The van der Waals surface area contributed by atoms with Gasteiger partial charge in [0.05, 0.1) is 11.4 Å². The first kappa shape index (κ1) is 20.6. The molecule has 0 radical (unpaired) electrons. The molecule has 6 rings (SSSR count). The largest absolute Gasteiger partial charge is 0.361 e. The van der Waals surface area contributed by atoms with Crippen LogP contribution in [0.1, 0.15) is 21.5 Å². The van der Waals surface area contributed by atoms with Crippen LogP contribution in [0.2, 0.25) is 0 Å². The van der Waals surface area contributed by atoms with E-state index < -0.39 is 6.04 Å². The Morgan fingerprint density at radius 2 is 1.74 bits per heavy atom. The lowest BCUT2D eigenvalue weighted by Crippen LogP contribution is -2.41. The van der Waals surface area contributed by atoms with E-state index in [1.54, 1.807) is 17.0 Å².